The Hall–Kier alpha value is -2.86. The molecule has 0 saturated heterocycles. The Morgan fingerprint density at radius 3 is 2.47 bits per heavy atom. The van der Waals surface area contributed by atoms with E-state index >= 15 is 0 Å². The molecule has 0 aliphatic rings. The van der Waals surface area contributed by atoms with Crippen molar-refractivity contribution in [1.29, 1.82) is 0 Å². The summed E-state index contributed by atoms with van der Waals surface area (Å²) in [7, 11) is 5.57. The average Bonchev–Trinajstić information content (AvgIpc) is 2.76. The summed E-state index contributed by atoms with van der Waals surface area (Å²) in [5.74, 6) is 0.702. The first kappa shape index (κ1) is 23.4. The number of rotatable bonds is 9. The first-order valence-electron chi connectivity index (χ1n) is 10.5. The van der Waals surface area contributed by atoms with E-state index in [1.165, 1.54) is 11.1 Å². The first-order valence-corrected chi connectivity index (χ1v) is 10.5. The van der Waals surface area contributed by atoms with E-state index in [1.54, 1.807) is 14.1 Å². The molecule has 2 aromatic carbocycles. The summed E-state index contributed by atoms with van der Waals surface area (Å²) in [5.41, 5.74) is 4.38. The van der Waals surface area contributed by atoms with Gasteiger partial charge in [-0.25, -0.2) is 0 Å². The van der Waals surface area contributed by atoms with Crippen LogP contribution in [0.3, 0.4) is 0 Å². The average molecular weight is 410 g/mol. The van der Waals surface area contributed by atoms with Gasteiger partial charge in [0.15, 0.2) is 5.96 Å². The zero-order valence-corrected chi connectivity index (χ0v) is 18.8. The van der Waals surface area contributed by atoms with E-state index in [4.69, 9.17) is 0 Å². The monoisotopic (exact) mass is 409 g/mol. The highest BCUT2D eigenvalue weighted by molar-refractivity contribution is 5.94. The molecule has 2 rings (SSSR count). The van der Waals surface area contributed by atoms with Gasteiger partial charge in [-0.1, -0.05) is 36.4 Å². The van der Waals surface area contributed by atoms with Crippen molar-refractivity contribution in [1.82, 2.24) is 20.9 Å². The van der Waals surface area contributed by atoms with Crippen LogP contribution in [0.5, 0.6) is 0 Å². The maximum absolute atomic E-state index is 11.8. The summed E-state index contributed by atoms with van der Waals surface area (Å²) in [6.07, 6.45) is 0.807. The molecule has 30 heavy (non-hydrogen) atoms. The van der Waals surface area contributed by atoms with Crippen molar-refractivity contribution in [2.75, 3.05) is 27.7 Å². The van der Waals surface area contributed by atoms with E-state index in [9.17, 15) is 4.79 Å². The van der Waals surface area contributed by atoms with Gasteiger partial charge in [0, 0.05) is 45.3 Å². The van der Waals surface area contributed by atoms with Crippen LogP contribution in [-0.4, -0.2) is 50.5 Å². The second kappa shape index (κ2) is 12.0. The predicted octanol–water partition coefficient (Wildman–Crippen LogP) is 2.79. The molecule has 3 N–H and O–H groups in total. The van der Waals surface area contributed by atoms with Crippen LogP contribution in [-0.2, 0) is 19.5 Å². The Kier molecular flexibility index (Phi) is 9.35. The zero-order valence-electron chi connectivity index (χ0n) is 18.8. The largest absolute Gasteiger partial charge is 0.356 e. The fraction of sp³-hybridized carbons (Fsp3) is 0.417. The van der Waals surface area contributed by atoms with Gasteiger partial charge in [0.1, 0.15) is 0 Å². The summed E-state index contributed by atoms with van der Waals surface area (Å²) in [6, 6.07) is 16.7. The number of hydrogen-bond acceptors (Lipinski definition) is 3. The highest BCUT2D eigenvalue weighted by Crippen LogP contribution is 2.12. The molecule has 0 spiro atoms. The number of carbonyl (C=O) groups excluding carboxylic acids is 1. The van der Waals surface area contributed by atoms with Crippen LogP contribution in [0.1, 0.15) is 40.9 Å². The molecule has 0 aromatic heterocycles. The van der Waals surface area contributed by atoms with Gasteiger partial charge in [0.25, 0.3) is 5.91 Å². The highest BCUT2D eigenvalue weighted by Gasteiger charge is 2.09. The Bertz CT molecular complexity index is 847. The Morgan fingerprint density at radius 1 is 1.07 bits per heavy atom. The fourth-order valence-electron chi connectivity index (χ4n) is 3.07. The SMILES string of the molecule is CN=C(NCCc1cccc(C(=O)NC)c1)NCc1ccccc1CN(C)C(C)C. The summed E-state index contributed by atoms with van der Waals surface area (Å²) in [5, 5.41) is 9.43. The molecule has 0 aliphatic heterocycles. The number of aliphatic imine (C=N–C) groups is 1. The van der Waals surface area contributed by atoms with Crippen LogP contribution in [0.25, 0.3) is 0 Å². The predicted molar refractivity (Wildman–Crippen MR) is 125 cm³/mol. The van der Waals surface area contributed by atoms with E-state index in [-0.39, 0.29) is 5.91 Å². The maximum atomic E-state index is 11.8. The van der Waals surface area contributed by atoms with Gasteiger partial charge < -0.3 is 16.0 Å². The lowest BCUT2D eigenvalue weighted by molar-refractivity contribution is 0.0963. The van der Waals surface area contributed by atoms with Crippen LogP contribution < -0.4 is 16.0 Å². The lowest BCUT2D eigenvalue weighted by atomic mass is 10.1. The zero-order chi connectivity index (χ0) is 21.9. The molecule has 1 amide bonds. The molecule has 162 valence electrons. The van der Waals surface area contributed by atoms with Crippen LogP contribution in [0.15, 0.2) is 53.5 Å². The number of nitrogens with zero attached hydrogens (tertiary/aromatic N) is 2. The molecule has 0 unspecified atom stereocenters. The summed E-state index contributed by atoms with van der Waals surface area (Å²) in [4.78, 5) is 18.5. The minimum absolute atomic E-state index is 0.0657. The van der Waals surface area contributed by atoms with Gasteiger partial charge in [0.05, 0.1) is 0 Å². The molecule has 0 fully saturated rings. The maximum Gasteiger partial charge on any atom is 0.251 e. The van der Waals surface area contributed by atoms with Crippen molar-refractivity contribution in [3.8, 4) is 0 Å². The number of benzene rings is 2. The van der Waals surface area contributed by atoms with Crippen LogP contribution in [0.2, 0.25) is 0 Å². The Morgan fingerprint density at radius 2 is 1.80 bits per heavy atom. The molecular formula is C24H35N5O. The van der Waals surface area contributed by atoms with Crippen molar-refractivity contribution in [3.63, 3.8) is 0 Å². The van der Waals surface area contributed by atoms with Gasteiger partial charge in [-0.15, -0.1) is 0 Å². The van der Waals surface area contributed by atoms with Crippen molar-refractivity contribution in [2.45, 2.75) is 39.4 Å². The van der Waals surface area contributed by atoms with Crippen molar-refractivity contribution in [3.05, 3.63) is 70.8 Å². The third-order valence-electron chi connectivity index (χ3n) is 5.21. The smallest absolute Gasteiger partial charge is 0.251 e. The van der Waals surface area contributed by atoms with E-state index in [2.05, 4.69) is 71.0 Å². The molecule has 0 radical (unpaired) electrons. The van der Waals surface area contributed by atoms with Gasteiger partial charge in [-0.05, 0) is 56.1 Å². The molecule has 2 aromatic rings. The molecule has 6 heteroatoms. The molecule has 0 atom stereocenters. The van der Waals surface area contributed by atoms with Gasteiger partial charge in [0.2, 0.25) is 0 Å². The van der Waals surface area contributed by atoms with Crippen LogP contribution in [0, 0.1) is 0 Å². The third kappa shape index (κ3) is 7.19. The minimum Gasteiger partial charge on any atom is -0.356 e. The molecular weight excluding hydrogens is 374 g/mol. The van der Waals surface area contributed by atoms with Gasteiger partial charge >= 0.3 is 0 Å². The number of amides is 1. The molecule has 6 nitrogen and oxygen atoms in total. The van der Waals surface area contributed by atoms with E-state index in [0.717, 1.165) is 31.0 Å². The van der Waals surface area contributed by atoms with Gasteiger partial charge in [-0.3, -0.25) is 14.7 Å². The van der Waals surface area contributed by atoms with E-state index in [1.807, 2.05) is 24.3 Å². The quantitative estimate of drug-likeness (QED) is 0.440. The normalized spacial score (nSPS) is 11.6. The number of guanidine groups is 1. The first-order chi connectivity index (χ1) is 14.4. The van der Waals surface area contributed by atoms with Crippen LogP contribution in [0.4, 0.5) is 0 Å². The highest BCUT2D eigenvalue weighted by atomic mass is 16.1. The Labute approximate surface area is 180 Å². The van der Waals surface area contributed by atoms with E-state index in [0.29, 0.717) is 18.2 Å². The summed E-state index contributed by atoms with van der Waals surface area (Å²) >= 11 is 0. The fourth-order valence-corrected chi connectivity index (χ4v) is 3.07. The van der Waals surface area contributed by atoms with Gasteiger partial charge in [-0.2, -0.15) is 0 Å². The van der Waals surface area contributed by atoms with Crippen LogP contribution >= 0.6 is 0 Å². The molecule has 0 saturated carbocycles. The van der Waals surface area contributed by atoms with Crippen molar-refractivity contribution >= 4 is 11.9 Å². The lowest BCUT2D eigenvalue weighted by Crippen LogP contribution is -2.38. The molecule has 0 bridgehead atoms. The third-order valence-corrected chi connectivity index (χ3v) is 5.21. The standard InChI is InChI=1S/C24H35N5O/c1-18(2)29(5)17-22-11-7-6-10-21(22)16-28-24(26-4)27-14-13-19-9-8-12-20(15-19)23(30)25-3/h6-12,15,18H,13-14,16-17H2,1-5H3,(H,25,30)(H2,26,27,28). The number of nitrogens with one attached hydrogen (secondary N) is 3. The topological polar surface area (TPSA) is 68.8 Å². The minimum atomic E-state index is -0.0657. The number of hydrogen-bond donors (Lipinski definition) is 3. The Balaban J connectivity index is 1.88. The second-order valence-corrected chi connectivity index (χ2v) is 7.66. The molecule has 0 aliphatic carbocycles. The second-order valence-electron chi connectivity index (χ2n) is 7.66. The molecule has 0 heterocycles. The lowest BCUT2D eigenvalue weighted by Gasteiger charge is -2.23. The summed E-state index contributed by atoms with van der Waals surface area (Å²) < 4.78 is 0. The van der Waals surface area contributed by atoms with Crippen molar-refractivity contribution in [2.24, 2.45) is 4.99 Å². The van der Waals surface area contributed by atoms with E-state index < -0.39 is 0 Å². The summed E-state index contributed by atoms with van der Waals surface area (Å²) in [6.45, 7) is 6.78. The van der Waals surface area contributed by atoms with Crippen molar-refractivity contribution < 1.29 is 4.79 Å². The number of carbonyl (C=O) groups is 1.